The van der Waals surface area contributed by atoms with Crippen molar-refractivity contribution in [1.29, 1.82) is 0 Å². The number of rotatable bonds is 5. The third kappa shape index (κ3) is 4.63. The molecule has 7 nitrogen and oxygen atoms in total. The van der Waals surface area contributed by atoms with Gasteiger partial charge in [0.15, 0.2) is 6.61 Å². The number of esters is 1. The number of amides is 1. The van der Waals surface area contributed by atoms with Crippen LogP contribution < -0.4 is 10.7 Å². The number of ether oxygens (including phenoxy) is 1. The van der Waals surface area contributed by atoms with Crippen molar-refractivity contribution in [3.63, 3.8) is 0 Å². The first-order chi connectivity index (χ1) is 13.4. The van der Waals surface area contributed by atoms with Crippen molar-refractivity contribution in [2.24, 2.45) is 0 Å². The van der Waals surface area contributed by atoms with Gasteiger partial charge in [0.1, 0.15) is 0 Å². The van der Waals surface area contributed by atoms with E-state index in [4.69, 9.17) is 16.3 Å². The second kappa shape index (κ2) is 8.49. The number of halogens is 1. The molecule has 3 aromatic rings. The number of carbonyl (C=O) groups is 2. The topological polar surface area (TPSA) is 90.3 Å². The van der Waals surface area contributed by atoms with E-state index in [1.807, 2.05) is 6.07 Å². The third-order valence-corrected chi connectivity index (χ3v) is 4.02. The van der Waals surface area contributed by atoms with E-state index in [2.05, 4.69) is 10.4 Å². The normalized spacial score (nSPS) is 10.4. The summed E-state index contributed by atoms with van der Waals surface area (Å²) in [5.41, 5.74) is 0.731. The molecule has 1 aromatic heterocycles. The Balaban J connectivity index is 1.74. The molecule has 8 heteroatoms. The van der Waals surface area contributed by atoms with Gasteiger partial charge in [0, 0.05) is 22.5 Å². The number of aromatic nitrogens is 2. The summed E-state index contributed by atoms with van der Waals surface area (Å²) in [6, 6.07) is 16.8. The molecule has 1 N–H and O–H groups in total. The summed E-state index contributed by atoms with van der Waals surface area (Å²) in [6.45, 7) is 1.15. The average molecular weight is 398 g/mol. The molecule has 0 saturated heterocycles. The van der Waals surface area contributed by atoms with Crippen LogP contribution in [0.5, 0.6) is 0 Å². The van der Waals surface area contributed by atoms with Crippen LogP contribution in [0.3, 0.4) is 0 Å². The van der Waals surface area contributed by atoms with Crippen LogP contribution >= 0.6 is 11.6 Å². The number of aryl methyl sites for hydroxylation is 1. The highest BCUT2D eigenvalue weighted by Gasteiger charge is 2.18. The van der Waals surface area contributed by atoms with Crippen LogP contribution in [0.25, 0.3) is 5.69 Å². The van der Waals surface area contributed by atoms with Gasteiger partial charge in [0.2, 0.25) is 11.1 Å². The summed E-state index contributed by atoms with van der Waals surface area (Å²) >= 11 is 5.88. The first-order valence-electron chi connectivity index (χ1n) is 8.33. The van der Waals surface area contributed by atoms with Crippen LogP contribution in [0.2, 0.25) is 5.02 Å². The van der Waals surface area contributed by atoms with Gasteiger partial charge >= 0.3 is 5.97 Å². The molecule has 0 saturated carbocycles. The molecule has 2 aromatic carbocycles. The Morgan fingerprint density at radius 3 is 2.46 bits per heavy atom. The smallest absolute Gasteiger partial charge is 0.363 e. The molecule has 0 aliphatic carbocycles. The average Bonchev–Trinajstić information content (AvgIpc) is 2.68. The monoisotopic (exact) mass is 397 g/mol. The number of carbonyl (C=O) groups excluding carboxylic acids is 2. The fourth-order valence-corrected chi connectivity index (χ4v) is 2.58. The van der Waals surface area contributed by atoms with Gasteiger partial charge < -0.3 is 10.1 Å². The Morgan fingerprint density at radius 1 is 1.11 bits per heavy atom. The molecule has 0 aliphatic rings. The van der Waals surface area contributed by atoms with Gasteiger partial charge in [0.05, 0.1) is 5.69 Å². The molecule has 0 unspecified atom stereocenters. The maximum absolute atomic E-state index is 12.3. The fraction of sp³-hybridized carbons (Fsp3) is 0.100. The van der Waals surface area contributed by atoms with E-state index in [0.29, 0.717) is 22.1 Å². The van der Waals surface area contributed by atoms with Gasteiger partial charge in [-0.1, -0.05) is 29.8 Å². The van der Waals surface area contributed by atoms with E-state index in [1.165, 1.54) is 10.7 Å². The minimum atomic E-state index is -0.976. The Kier molecular flexibility index (Phi) is 5.86. The minimum Gasteiger partial charge on any atom is -0.451 e. The second-order valence-electron chi connectivity index (χ2n) is 5.88. The Morgan fingerprint density at radius 2 is 1.79 bits per heavy atom. The summed E-state index contributed by atoms with van der Waals surface area (Å²) in [5.74, 6) is -1.50. The van der Waals surface area contributed by atoms with Crippen molar-refractivity contribution >= 4 is 29.2 Å². The van der Waals surface area contributed by atoms with Crippen molar-refractivity contribution in [3.05, 3.63) is 87.3 Å². The van der Waals surface area contributed by atoms with Crippen molar-refractivity contribution in [2.45, 2.75) is 6.92 Å². The van der Waals surface area contributed by atoms with Gasteiger partial charge in [-0.15, -0.1) is 0 Å². The number of hydrogen-bond donors (Lipinski definition) is 1. The molecule has 28 heavy (non-hydrogen) atoms. The highest BCUT2D eigenvalue weighted by molar-refractivity contribution is 6.30. The molecular formula is C20H16ClN3O4. The Bertz CT molecular complexity index is 1060. The van der Waals surface area contributed by atoms with E-state index < -0.39 is 29.6 Å². The molecule has 1 heterocycles. The zero-order valence-electron chi connectivity index (χ0n) is 14.9. The van der Waals surface area contributed by atoms with Gasteiger partial charge in [-0.3, -0.25) is 9.59 Å². The predicted octanol–water partition coefficient (Wildman–Crippen LogP) is 2.99. The molecule has 142 valence electrons. The van der Waals surface area contributed by atoms with Gasteiger partial charge in [0.25, 0.3) is 5.91 Å². The third-order valence-electron chi connectivity index (χ3n) is 3.76. The van der Waals surface area contributed by atoms with Crippen LogP contribution in [0.15, 0.2) is 65.5 Å². The Labute approximate surface area is 165 Å². The summed E-state index contributed by atoms with van der Waals surface area (Å²) in [5, 5.41) is 7.22. The van der Waals surface area contributed by atoms with Crippen LogP contribution in [0, 0.1) is 6.92 Å². The van der Waals surface area contributed by atoms with Crippen molar-refractivity contribution in [2.75, 3.05) is 11.9 Å². The fourth-order valence-electron chi connectivity index (χ4n) is 2.45. The highest BCUT2D eigenvalue weighted by atomic mass is 35.5. The Hall–Kier alpha value is -3.45. The summed E-state index contributed by atoms with van der Waals surface area (Å²) in [4.78, 5) is 36.3. The minimum absolute atomic E-state index is 0.409. The quantitative estimate of drug-likeness (QED) is 0.668. The zero-order valence-corrected chi connectivity index (χ0v) is 15.6. The van der Waals surface area contributed by atoms with Gasteiger partial charge in [-0.05, 0) is 43.3 Å². The van der Waals surface area contributed by atoms with Crippen LogP contribution in [-0.2, 0) is 9.53 Å². The molecule has 0 fully saturated rings. The summed E-state index contributed by atoms with van der Waals surface area (Å²) < 4.78 is 6.37. The molecule has 0 bridgehead atoms. The van der Waals surface area contributed by atoms with Gasteiger partial charge in [-0.25, -0.2) is 9.48 Å². The zero-order chi connectivity index (χ0) is 20.1. The number of hydrogen-bond acceptors (Lipinski definition) is 5. The van der Waals surface area contributed by atoms with Gasteiger partial charge in [-0.2, -0.15) is 5.10 Å². The van der Waals surface area contributed by atoms with Crippen LogP contribution in [0.4, 0.5) is 5.69 Å². The van der Waals surface area contributed by atoms with E-state index in [9.17, 15) is 14.4 Å². The number of anilines is 1. The van der Waals surface area contributed by atoms with E-state index in [-0.39, 0.29) is 0 Å². The first kappa shape index (κ1) is 19.3. The van der Waals surface area contributed by atoms with E-state index in [0.717, 1.165) is 0 Å². The van der Waals surface area contributed by atoms with Crippen molar-refractivity contribution in [1.82, 2.24) is 9.78 Å². The van der Waals surface area contributed by atoms with Crippen molar-refractivity contribution in [3.8, 4) is 5.69 Å². The summed E-state index contributed by atoms with van der Waals surface area (Å²) in [6.07, 6.45) is 0. The summed E-state index contributed by atoms with van der Waals surface area (Å²) in [7, 11) is 0. The maximum Gasteiger partial charge on any atom is 0.363 e. The number of para-hydroxylation sites is 1. The van der Waals surface area contributed by atoms with Crippen molar-refractivity contribution < 1.29 is 14.3 Å². The number of nitrogens with zero attached hydrogens (tertiary/aromatic N) is 2. The number of nitrogens with one attached hydrogen (secondary N) is 1. The lowest BCUT2D eigenvalue weighted by Gasteiger charge is -2.11. The van der Waals surface area contributed by atoms with Crippen LogP contribution in [0.1, 0.15) is 16.2 Å². The second-order valence-corrected chi connectivity index (χ2v) is 6.31. The van der Waals surface area contributed by atoms with E-state index >= 15 is 0 Å². The molecule has 0 aliphatic heterocycles. The van der Waals surface area contributed by atoms with E-state index in [1.54, 1.807) is 55.5 Å². The first-order valence-corrected chi connectivity index (χ1v) is 8.71. The largest absolute Gasteiger partial charge is 0.451 e. The molecular weight excluding hydrogens is 382 g/mol. The van der Waals surface area contributed by atoms with Crippen LogP contribution in [-0.4, -0.2) is 28.3 Å². The highest BCUT2D eigenvalue weighted by Crippen LogP contribution is 2.14. The molecule has 0 radical (unpaired) electrons. The predicted molar refractivity (Wildman–Crippen MR) is 105 cm³/mol. The molecule has 0 spiro atoms. The lowest BCUT2D eigenvalue weighted by atomic mass is 10.3. The standard InChI is InChI=1S/C20H16ClN3O4/c1-13-11-17(25)19(23-24(13)16-9-7-14(21)8-10-16)20(27)28-12-18(26)22-15-5-3-2-4-6-15/h2-11H,12H2,1H3,(H,22,26). The lowest BCUT2D eigenvalue weighted by molar-refractivity contribution is -0.119. The molecule has 1 amide bonds. The molecule has 3 rings (SSSR count). The molecule has 0 atom stereocenters. The lowest BCUT2D eigenvalue weighted by Crippen LogP contribution is -2.27. The SMILES string of the molecule is Cc1cc(=O)c(C(=O)OCC(=O)Nc2ccccc2)nn1-c1ccc(Cl)cc1. The number of benzene rings is 2. The maximum atomic E-state index is 12.3.